The average Bonchev–Trinajstić information content (AvgIpc) is 2.58. The Bertz CT molecular complexity index is 570. The fraction of sp³-hybridized carbons (Fsp3) is 0.500. The van der Waals surface area contributed by atoms with E-state index in [4.69, 9.17) is 9.94 Å². The number of hydrogen-bond donors (Lipinski definition) is 2. The largest absolute Gasteiger partial charge is 0.459 e. The summed E-state index contributed by atoms with van der Waals surface area (Å²) in [7, 11) is 0. The predicted molar refractivity (Wildman–Crippen MR) is 91.7 cm³/mol. The molecule has 2 atom stereocenters. The number of amides is 1. The van der Waals surface area contributed by atoms with Crippen LogP contribution in [-0.2, 0) is 20.9 Å². The van der Waals surface area contributed by atoms with Gasteiger partial charge in [0.05, 0.1) is 0 Å². The second-order valence-electron chi connectivity index (χ2n) is 6.07. The summed E-state index contributed by atoms with van der Waals surface area (Å²) in [5.74, 6) is -1.42. The van der Waals surface area contributed by atoms with Crippen LogP contribution in [0.1, 0.15) is 39.7 Å². The number of carbonyl (C=O) groups is 2. The Morgan fingerprint density at radius 2 is 1.83 bits per heavy atom. The molecule has 1 aromatic carbocycles. The van der Waals surface area contributed by atoms with Gasteiger partial charge in [-0.2, -0.15) is 0 Å². The zero-order valence-corrected chi connectivity index (χ0v) is 14.7. The zero-order chi connectivity index (χ0) is 18.1. The molecule has 0 heterocycles. The molecule has 0 saturated carbocycles. The maximum atomic E-state index is 12.4. The van der Waals surface area contributed by atoms with Gasteiger partial charge in [0.2, 0.25) is 0 Å². The van der Waals surface area contributed by atoms with Crippen LogP contribution in [0.15, 0.2) is 35.5 Å². The number of ether oxygens (including phenoxy) is 1. The van der Waals surface area contributed by atoms with Crippen LogP contribution in [0.2, 0.25) is 0 Å². The van der Waals surface area contributed by atoms with Crippen LogP contribution in [0.5, 0.6) is 0 Å². The van der Waals surface area contributed by atoms with Crippen LogP contribution in [0.4, 0.5) is 0 Å². The lowest BCUT2D eigenvalue weighted by atomic mass is 9.98. The van der Waals surface area contributed by atoms with E-state index in [2.05, 4.69) is 10.5 Å². The number of nitrogens with zero attached hydrogens (tertiary/aromatic N) is 1. The van der Waals surface area contributed by atoms with Crippen molar-refractivity contribution in [1.29, 1.82) is 0 Å². The Balaban J connectivity index is 2.77. The minimum atomic E-state index is -0.790. The monoisotopic (exact) mass is 334 g/mol. The number of rotatable bonds is 8. The maximum Gasteiger partial charge on any atom is 0.329 e. The summed E-state index contributed by atoms with van der Waals surface area (Å²) in [4.78, 5) is 24.6. The van der Waals surface area contributed by atoms with Gasteiger partial charge in [0.25, 0.3) is 5.91 Å². The fourth-order valence-electron chi connectivity index (χ4n) is 2.13. The van der Waals surface area contributed by atoms with Crippen LogP contribution in [0, 0.1) is 11.8 Å². The normalized spacial score (nSPS) is 14.1. The molecule has 0 radical (unpaired) electrons. The van der Waals surface area contributed by atoms with Crippen LogP contribution in [0.3, 0.4) is 0 Å². The van der Waals surface area contributed by atoms with E-state index in [-0.39, 0.29) is 24.2 Å². The lowest BCUT2D eigenvalue weighted by Gasteiger charge is -2.23. The van der Waals surface area contributed by atoms with Gasteiger partial charge in [-0.05, 0) is 11.5 Å². The van der Waals surface area contributed by atoms with E-state index in [0.29, 0.717) is 6.42 Å². The van der Waals surface area contributed by atoms with Gasteiger partial charge in [-0.15, -0.1) is 0 Å². The molecule has 0 aliphatic heterocycles. The highest BCUT2D eigenvalue weighted by Gasteiger charge is 2.29. The van der Waals surface area contributed by atoms with Gasteiger partial charge >= 0.3 is 5.97 Å². The number of benzene rings is 1. The Kier molecular flexibility index (Phi) is 7.95. The van der Waals surface area contributed by atoms with Crippen molar-refractivity contribution in [2.24, 2.45) is 17.0 Å². The maximum absolute atomic E-state index is 12.4. The summed E-state index contributed by atoms with van der Waals surface area (Å²) in [6, 6.07) is 8.54. The molecule has 0 aliphatic rings. The third kappa shape index (κ3) is 5.68. The number of carbonyl (C=O) groups excluding carboxylic acids is 2. The van der Waals surface area contributed by atoms with E-state index in [9.17, 15) is 9.59 Å². The van der Waals surface area contributed by atoms with Gasteiger partial charge in [0.1, 0.15) is 18.4 Å². The molecular formula is C18H26N2O4. The van der Waals surface area contributed by atoms with Gasteiger partial charge in [0.15, 0.2) is 0 Å². The van der Waals surface area contributed by atoms with Crippen LogP contribution in [0.25, 0.3) is 0 Å². The summed E-state index contributed by atoms with van der Waals surface area (Å²) < 4.78 is 5.33. The van der Waals surface area contributed by atoms with E-state index in [1.54, 1.807) is 13.8 Å². The molecule has 1 amide bonds. The Morgan fingerprint density at radius 1 is 1.21 bits per heavy atom. The van der Waals surface area contributed by atoms with Crippen molar-refractivity contribution in [3.8, 4) is 0 Å². The lowest BCUT2D eigenvalue weighted by molar-refractivity contribution is -0.150. The number of esters is 1. The van der Waals surface area contributed by atoms with Gasteiger partial charge in [-0.25, -0.2) is 4.79 Å². The third-order valence-electron chi connectivity index (χ3n) is 3.86. The number of nitrogens with one attached hydrogen (secondary N) is 1. The van der Waals surface area contributed by atoms with Crippen LogP contribution < -0.4 is 5.32 Å². The van der Waals surface area contributed by atoms with E-state index < -0.39 is 17.9 Å². The third-order valence-corrected chi connectivity index (χ3v) is 3.86. The molecule has 24 heavy (non-hydrogen) atoms. The Hall–Kier alpha value is -2.37. The molecular weight excluding hydrogens is 308 g/mol. The Labute approximate surface area is 142 Å². The lowest BCUT2D eigenvalue weighted by Crippen LogP contribution is -2.49. The molecule has 132 valence electrons. The highest BCUT2D eigenvalue weighted by molar-refractivity contribution is 6.39. The first-order chi connectivity index (χ1) is 11.4. The van der Waals surface area contributed by atoms with Gasteiger partial charge < -0.3 is 15.3 Å². The highest BCUT2D eigenvalue weighted by atomic mass is 16.5. The second-order valence-corrected chi connectivity index (χ2v) is 6.07. The van der Waals surface area contributed by atoms with E-state index in [0.717, 1.165) is 5.56 Å². The molecule has 0 aliphatic carbocycles. The zero-order valence-electron chi connectivity index (χ0n) is 14.7. The van der Waals surface area contributed by atoms with Crippen molar-refractivity contribution in [2.75, 3.05) is 0 Å². The highest BCUT2D eigenvalue weighted by Crippen LogP contribution is 2.12. The quantitative estimate of drug-likeness (QED) is 0.331. The molecule has 0 saturated heterocycles. The van der Waals surface area contributed by atoms with E-state index in [1.165, 1.54) is 0 Å². The summed E-state index contributed by atoms with van der Waals surface area (Å²) in [5, 5.41) is 14.6. The van der Waals surface area contributed by atoms with Crippen molar-refractivity contribution in [3.63, 3.8) is 0 Å². The first kappa shape index (κ1) is 19.7. The molecule has 0 spiro atoms. The molecule has 0 aromatic heterocycles. The minimum Gasteiger partial charge on any atom is -0.459 e. The summed E-state index contributed by atoms with van der Waals surface area (Å²) in [5.41, 5.74) is 0.860. The summed E-state index contributed by atoms with van der Waals surface area (Å²) >= 11 is 0. The molecule has 0 unspecified atom stereocenters. The molecule has 0 fully saturated rings. The molecule has 6 heteroatoms. The van der Waals surface area contributed by atoms with Crippen LogP contribution >= 0.6 is 0 Å². The first-order valence-electron chi connectivity index (χ1n) is 8.14. The summed E-state index contributed by atoms with van der Waals surface area (Å²) in [6.45, 7) is 7.41. The van der Waals surface area contributed by atoms with Gasteiger partial charge in [0, 0.05) is 5.92 Å². The van der Waals surface area contributed by atoms with Crippen molar-refractivity contribution in [2.45, 2.75) is 46.8 Å². The standard InChI is InChI=1S/C18H26N2O4/c1-5-13(4)16(19-17(21)15(20-23)12(2)3)18(22)24-11-14-9-7-6-8-10-14/h6-10,12-13,16,23H,5,11H2,1-4H3,(H,19,21)/b20-15+/t13-,16-/m0/s1. The topological polar surface area (TPSA) is 88.0 Å². The van der Waals surface area contributed by atoms with Crippen LogP contribution in [-0.4, -0.2) is 28.8 Å². The van der Waals surface area contributed by atoms with Crippen molar-refractivity contribution in [3.05, 3.63) is 35.9 Å². The molecule has 1 aromatic rings. The predicted octanol–water partition coefficient (Wildman–Crippen LogP) is 2.75. The molecule has 2 N–H and O–H groups in total. The minimum absolute atomic E-state index is 0.0147. The number of oxime groups is 1. The van der Waals surface area contributed by atoms with Gasteiger partial charge in [-0.1, -0.05) is 69.6 Å². The SMILES string of the molecule is CC[C@H](C)[C@H](NC(=O)/C(=N/O)C(C)C)C(=O)OCc1ccccc1. The van der Waals surface area contributed by atoms with Crippen molar-refractivity contribution in [1.82, 2.24) is 5.32 Å². The number of hydrogen-bond acceptors (Lipinski definition) is 5. The fourth-order valence-corrected chi connectivity index (χ4v) is 2.13. The average molecular weight is 334 g/mol. The summed E-state index contributed by atoms with van der Waals surface area (Å²) in [6.07, 6.45) is 0.693. The van der Waals surface area contributed by atoms with E-state index in [1.807, 2.05) is 44.2 Å². The Morgan fingerprint density at radius 3 is 2.33 bits per heavy atom. The van der Waals surface area contributed by atoms with E-state index >= 15 is 0 Å². The van der Waals surface area contributed by atoms with Gasteiger partial charge in [-0.3, -0.25) is 4.79 Å². The molecule has 1 rings (SSSR count). The smallest absolute Gasteiger partial charge is 0.329 e. The second kappa shape index (κ2) is 9.70. The van der Waals surface area contributed by atoms with Crippen molar-refractivity contribution < 1.29 is 19.5 Å². The molecule has 0 bridgehead atoms. The first-order valence-corrected chi connectivity index (χ1v) is 8.14. The molecule has 6 nitrogen and oxygen atoms in total. The van der Waals surface area contributed by atoms with Crippen molar-refractivity contribution >= 4 is 17.6 Å².